The van der Waals surface area contributed by atoms with Crippen LogP contribution in [0.1, 0.15) is 36.2 Å². The molecule has 0 bridgehead atoms. The summed E-state index contributed by atoms with van der Waals surface area (Å²) in [4.78, 5) is 34.3. The maximum Gasteiger partial charge on any atom is 0.343 e. The molecule has 0 saturated carbocycles. The van der Waals surface area contributed by atoms with Gasteiger partial charge in [-0.3, -0.25) is 14.9 Å². The number of nitro groups is 1. The summed E-state index contributed by atoms with van der Waals surface area (Å²) in [7, 11) is 0. The number of halogens is 3. The molecule has 0 spiro atoms. The van der Waals surface area contributed by atoms with E-state index in [4.69, 9.17) is 4.74 Å². The minimum atomic E-state index is -1.98. The molecule has 0 unspecified atom stereocenters. The molecule has 142 valence electrons. The quantitative estimate of drug-likeness (QED) is 0.110. The van der Waals surface area contributed by atoms with E-state index in [0.717, 1.165) is 13.1 Å². The highest BCUT2D eigenvalue weighted by molar-refractivity contribution is 6.25. The van der Waals surface area contributed by atoms with E-state index in [-0.39, 0.29) is 13.2 Å². The number of hydrogen-bond donors (Lipinski definition) is 1. The lowest BCUT2D eigenvalue weighted by molar-refractivity contribution is -0.388. The van der Waals surface area contributed by atoms with Gasteiger partial charge in [-0.1, -0.05) is 6.92 Å². The third-order valence-corrected chi connectivity index (χ3v) is 3.28. The molecule has 1 aromatic carbocycles. The maximum absolute atomic E-state index is 14.4. The Morgan fingerprint density at radius 2 is 1.81 bits per heavy atom. The molecule has 0 aliphatic carbocycles. The number of nitro benzene ring substituents is 1. The highest BCUT2D eigenvalue weighted by Gasteiger charge is 2.37. The summed E-state index contributed by atoms with van der Waals surface area (Å²) in [6, 6.07) is 0. The second-order valence-corrected chi connectivity index (χ2v) is 5.13. The summed E-state index contributed by atoms with van der Waals surface area (Å²) in [6.45, 7) is 4.33. The molecule has 0 atom stereocenters. The Balaban J connectivity index is 3.62. The fraction of sp³-hybridized carbons (Fsp3) is 0.375. The number of benzene rings is 1. The molecule has 1 aromatic rings. The second kappa shape index (κ2) is 8.97. The summed E-state index contributed by atoms with van der Waals surface area (Å²) in [5, 5.41) is 13.6. The van der Waals surface area contributed by atoms with Crippen LogP contribution >= 0.6 is 0 Å². The Kier molecular flexibility index (Phi) is 7.29. The van der Waals surface area contributed by atoms with Gasteiger partial charge in [0, 0.05) is 18.3 Å². The fourth-order valence-electron chi connectivity index (χ4n) is 1.97. The number of hydrogen-bond acceptors (Lipinski definition) is 6. The topological polar surface area (TPSA) is 98.5 Å². The van der Waals surface area contributed by atoms with Crippen LogP contribution in [0, 0.1) is 34.5 Å². The van der Waals surface area contributed by atoms with Crippen LogP contribution in [-0.2, 0) is 9.53 Å². The Labute approximate surface area is 147 Å². The first-order valence-electron chi connectivity index (χ1n) is 7.65. The van der Waals surface area contributed by atoms with Gasteiger partial charge in [0.05, 0.1) is 11.5 Å². The summed E-state index contributed by atoms with van der Waals surface area (Å²) >= 11 is 0. The molecule has 0 heterocycles. The molecular formula is C16H17F3N2O5. The molecule has 0 saturated heterocycles. The normalized spacial score (nSPS) is 11.2. The van der Waals surface area contributed by atoms with Crippen molar-refractivity contribution in [2.75, 3.05) is 13.2 Å². The van der Waals surface area contributed by atoms with Gasteiger partial charge in [0.2, 0.25) is 11.6 Å². The van der Waals surface area contributed by atoms with Crippen molar-refractivity contribution in [2.24, 2.45) is 0 Å². The molecular weight excluding hydrogens is 357 g/mol. The van der Waals surface area contributed by atoms with E-state index in [2.05, 4.69) is 5.32 Å². The van der Waals surface area contributed by atoms with Crippen molar-refractivity contribution in [2.45, 2.75) is 27.2 Å². The highest BCUT2D eigenvalue weighted by Crippen LogP contribution is 2.32. The molecule has 0 aromatic heterocycles. The second-order valence-electron chi connectivity index (χ2n) is 5.13. The molecule has 1 rings (SSSR count). The summed E-state index contributed by atoms with van der Waals surface area (Å²) in [5.74, 6) is -8.04. The smallest absolute Gasteiger partial charge is 0.343 e. The van der Waals surface area contributed by atoms with Crippen LogP contribution in [0.4, 0.5) is 18.9 Å². The zero-order valence-electron chi connectivity index (χ0n) is 14.3. The molecule has 10 heteroatoms. The zero-order chi connectivity index (χ0) is 20.0. The third-order valence-electron chi connectivity index (χ3n) is 3.28. The zero-order valence-corrected chi connectivity index (χ0v) is 14.3. The number of nitrogens with zero attached hydrogens (tertiary/aromatic N) is 1. The minimum absolute atomic E-state index is 0.0586. The Morgan fingerprint density at radius 3 is 2.31 bits per heavy atom. The summed E-state index contributed by atoms with van der Waals surface area (Å²) < 4.78 is 46.8. The van der Waals surface area contributed by atoms with Crippen LogP contribution in [0.3, 0.4) is 0 Å². The van der Waals surface area contributed by atoms with E-state index >= 15 is 0 Å². The van der Waals surface area contributed by atoms with Crippen molar-refractivity contribution < 1.29 is 32.4 Å². The monoisotopic (exact) mass is 374 g/mol. The van der Waals surface area contributed by atoms with Crippen molar-refractivity contribution in [3.8, 4) is 0 Å². The molecule has 0 amide bonds. The molecule has 1 N–H and O–H groups in total. The number of carbonyl (C=O) groups is 2. The third kappa shape index (κ3) is 4.19. The van der Waals surface area contributed by atoms with Crippen molar-refractivity contribution in [3.63, 3.8) is 0 Å². The molecule has 7 nitrogen and oxygen atoms in total. The van der Waals surface area contributed by atoms with E-state index in [0.29, 0.717) is 6.42 Å². The van der Waals surface area contributed by atoms with Crippen molar-refractivity contribution in [1.29, 1.82) is 0 Å². The predicted molar refractivity (Wildman–Crippen MR) is 85.0 cm³/mol. The predicted octanol–water partition coefficient (Wildman–Crippen LogP) is 2.95. The SMILES string of the molecule is CCCOC(=O)C(=CNCC)C(=O)c1c(F)c(C)c(F)c(F)c1[N+](=O)[O-]. The van der Waals surface area contributed by atoms with E-state index in [1.807, 2.05) is 0 Å². The fourth-order valence-corrected chi connectivity index (χ4v) is 1.97. The van der Waals surface area contributed by atoms with Gasteiger partial charge < -0.3 is 10.1 Å². The molecule has 0 radical (unpaired) electrons. The number of ether oxygens (including phenoxy) is 1. The van der Waals surface area contributed by atoms with Crippen LogP contribution < -0.4 is 5.32 Å². The summed E-state index contributed by atoms with van der Waals surface area (Å²) in [6.07, 6.45) is 1.31. The molecule has 0 fully saturated rings. The molecule has 0 aliphatic heterocycles. The van der Waals surface area contributed by atoms with Crippen LogP contribution in [-0.4, -0.2) is 29.8 Å². The lowest BCUT2D eigenvalue weighted by Crippen LogP contribution is -2.22. The average Bonchev–Trinajstić information content (AvgIpc) is 2.60. The van der Waals surface area contributed by atoms with E-state index in [1.165, 1.54) is 0 Å². The van der Waals surface area contributed by atoms with Crippen molar-refractivity contribution in [1.82, 2.24) is 5.32 Å². The van der Waals surface area contributed by atoms with Crippen LogP contribution in [0.2, 0.25) is 0 Å². The summed E-state index contributed by atoms with van der Waals surface area (Å²) in [5.41, 5.74) is -4.71. The Morgan fingerprint density at radius 1 is 1.19 bits per heavy atom. The first kappa shape index (κ1) is 21.1. The maximum atomic E-state index is 14.4. The van der Waals surface area contributed by atoms with E-state index in [9.17, 15) is 32.9 Å². The molecule has 26 heavy (non-hydrogen) atoms. The Bertz CT molecular complexity index is 778. The number of nitrogens with one attached hydrogen (secondary N) is 1. The number of Topliss-reactive ketones (excluding diaryl/α,β-unsaturated/α-hetero) is 1. The minimum Gasteiger partial charge on any atom is -0.462 e. The van der Waals surface area contributed by atoms with Gasteiger partial charge in [0.1, 0.15) is 17.0 Å². The number of rotatable bonds is 8. The van der Waals surface area contributed by atoms with Gasteiger partial charge in [0.25, 0.3) is 0 Å². The number of carbonyl (C=O) groups excluding carboxylic acids is 2. The van der Waals surface area contributed by atoms with Crippen molar-refractivity contribution in [3.05, 3.63) is 50.5 Å². The number of esters is 1. The van der Waals surface area contributed by atoms with Gasteiger partial charge in [-0.2, -0.15) is 4.39 Å². The van der Waals surface area contributed by atoms with Crippen molar-refractivity contribution >= 4 is 17.4 Å². The van der Waals surface area contributed by atoms with Crippen LogP contribution in [0.25, 0.3) is 0 Å². The molecule has 0 aliphatic rings. The van der Waals surface area contributed by atoms with Gasteiger partial charge >= 0.3 is 11.7 Å². The first-order valence-corrected chi connectivity index (χ1v) is 7.65. The Hall–Kier alpha value is -2.91. The van der Waals surface area contributed by atoms with Gasteiger partial charge in [-0.25, -0.2) is 13.6 Å². The van der Waals surface area contributed by atoms with E-state index < -0.39 is 56.5 Å². The average molecular weight is 374 g/mol. The lowest BCUT2D eigenvalue weighted by Gasteiger charge is -2.11. The van der Waals surface area contributed by atoms with Gasteiger partial charge in [-0.15, -0.1) is 0 Å². The van der Waals surface area contributed by atoms with Crippen LogP contribution in [0.5, 0.6) is 0 Å². The lowest BCUT2D eigenvalue weighted by atomic mass is 9.98. The highest BCUT2D eigenvalue weighted by atomic mass is 19.2. The first-order chi connectivity index (χ1) is 12.2. The van der Waals surface area contributed by atoms with Gasteiger partial charge in [0.15, 0.2) is 5.82 Å². The standard InChI is InChI=1S/C16H17F3N2O5/c1-4-6-26-16(23)9(7-20-5-2)15(22)10-11(17)8(3)12(18)13(19)14(10)21(24)25/h7,20H,4-6H2,1-3H3. The van der Waals surface area contributed by atoms with E-state index in [1.54, 1.807) is 13.8 Å². The largest absolute Gasteiger partial charge is 0.462 e. The van der Waals surface area contributed by atoms with Gasteiger partial charge in [-0.05, 0) is 20.3 Å². The number of ketones is 1. The van der Waals surface area contributed by atoms with Crippen LogP contribution in [0.15, 0.2) is 11.8 Å².